The molecule has 2 rings (SSSR count). The second kappa shape index (κ2) is 3.13. The van der Waals surface area contributed by atoms with E-state index >= 15 is 0 Å². The van der Waals surface area contributed by atoms with Gasteiger partial charge in [-0.15, -0.1) is 0 Å². The van der Waals surface area contributed by atoms with Crippen LogP contribution in [0, 0.1) is 0 Å². The fourth-order valence-corrected chi connectivity index (χ4v) is 1.75. The van der Waals surface area contributed by atoms with Crippen molar-refractivity contribution in [2.24, 2.45) is 0 Å². The van der Waals surface area contributed by atoms with Crippen molar-refractivity contribution in [1.82, 2.24) is 4.98 Å². The number of nitrogens with one attached hydrogen (secondary N) is 1. The average Bonchev–Trinajstić information content (AvgIpc) is 2.59. The fourth-order valence-electron chi connectivity index (χ4n) is 1.26. The van der Waals surface area contributed by atoms with Gasteiger partial charge in [-0.3, -0.25) is 0 Å². The molecule has 13 heavy (non-hydrogen) atoms. The SMILES string of the molecule is COc1cc2cc[nH]c2c(Cl)c1Cl. The molecule has 0 saturated heterocycles. The molecule has 0 radical (unpaired) electrons. The van der Waals surface area contributed by atoms with Crippen molar-refractivity contribution in [2.75, 3.05) is 7.11 Å². The Morgan fingerprint density at radius 2 is 2.08 bits per heavy atom. The summed E-state index contributed by atoms with van der Waals surface area (Å²) in [6.07, 6.45) is 1.81. The summed E-state index contributed by atoms with van der Waals surface area (Å²) in [7, 11) is 1.57. The summed E-state index contributed by atoms with van der Waals surface area (Å²) in [4.78, 5) is 3.01. The van der Waals surface area contributed by atoms with Crippen molar-refractivity contribution in [3.63, 3.8) is 0 Å². The second-order valence-electron chi connectivity index (χ2n) is 2.65. The van der Waals surface area contributed by atoms with Gasteiger partial charge in [-0.1, -0.05) is 23.2 Å². The van der Waals surface area contributed by atoms with Gasteiger partial charge in [0.1, 0.15) is 10.8 Å². The molecular formula is C9H7Cl2NO. The number of fused-ring (bicyclic) bond motifs is 1. The number of aromatic amines is 1. The molecule has 4 heteroatoms. The van der Waals surface area contributed by atoms with E-state index in [2.05, 4.69) is 4.98 Å². The highest BCUT2D eigenvalue weighted by Gasteiger charge is 2.10. The molecule has 1 heterocycles. The van der Waals surface area contributed by atoms with E-state index in [0.717, 1.165) is 10.9 Å². The Hall–Kier alpha value is -0.860. The zero-order valence-corrected chi connectivity index (χ0v) is 8.41. The first-order chi connectivity index (χ1) is 6.24. The summed E-state index contributed by atoms with van der Waals surface area (Å²) in [5.74, 6) is 0.596. The maximum atomic E-state index is 6.01. The van der Waals surface area contributed by atoms with Crippen LogP contribution in [0.25, 0.3) is 10.9 Å². The van der Waals surface area contributed by atoms with E-state index in [1.54, 1.807) is 7.11 Å². The molecule has 0 fully saturated rings. The molecule has 2 aromatic rings. The van der Waals surface area contributed by atoms with Crippen molar-refractivity contribution >= 4 is 34.1 Å². The summed E-state index contributed by atoms with van der Waals surface area (Å²) in [5.41, 5.74) is 0.840. The van der Waals surface area contributed by atoms with Crippen LogP contribution in [0.3, 0.4) is 0 Å². The highest BCUT2D eigenvalue weighted by molar-refractivity contribution is 6.46. The molecule has 1 N–H and O–H groups in total. The third-order valence-corrected chi connectivity index (χ3v) is 2.76. The molecule has 0 aliphatic rings. The van der Waals surface area contributed by atoms with E-state index in [-0.39, 0.29) is 0 Å². The number of hydrogen-bond donors (Lipinski definition) is 1. The first-order valence-electron chi connectivity index (χ1n) is 3.73. The topological polar surface area (TPSA) is 25.0 Å². The quantitative estimate of drug-likeness (QED) is 0.775. The lowest BCUT2D eigenvalue weighted by molar-refractivity contribution is 0.415. The number of methoxy groups -OCH3 is 1. The summed E-state index contributed by atoms with van der Waals surface area (Å²) < 4.78 is 5.07. The lowest BCUT2D eigenvalue weighted by Gasteiger charge is -2.05. The molecule has 0 unspecified atom stereocenters. The van der Waals surface area contributed by atoms with Crippen LogP contribution >= 0.6 is 23.2 Å². The Morgan fingerprint density at radius 3 is 2.77 bits per heavy atom. The summed E-state index contributed by atoms with van der Waals surface area (Å²) in [6, 6.07) is 3.76. The first kappa shape index (κ1) is 8.73. The Kier molecular flexibility index (Phi) is 2.10. The van der Waals surface area contributed by atoms with Crippen LogP contribution < -0.4 is 4.74 Å². The minimum atomic E-state index is 0.444. The van der Waals surface area contributed by atoms with Gasteiger partial charge in [-0.2, -0.15) is 0 Å². The standard InChI is InChI=1S/C9H7Cl2NO/c1-13-6-4-5-2-3-12-9(5)8(11)7(6)10/h2-4,12H,1H3. The Labute approximate surface area is 85.4 Å². The van der Waals surface area contributed by atoms with Crippen LogP contribution in [-0.2, 0) is 0 Å². The molecule has 0 amide bonds. The van der Waals surface area contributed by atoms with Crippen LogP contribution in [0.4, 0.5) is 0 Å². The molecule has 0 spiro atoms. The Bertz CT molecular complexity index is 450. The third-order valence-electron chi connectivity index (χ3n) is 1.91. The van der Waals surface area contributed by atoms with Gasteiger partial charge in [-0.05, 0) is 12.1 Å². The van der Waals surface area contributed by atoms with Crippen molar-refractivity contribution in [3.8, 4) is 5.75 Å². The van der Waals surface area contributed by atoms with Gasteiger partial charge < -0.3 is 9.72 Å². The minimum absolute atomic E-state index is 0.444. The van der Waals surface area contributed by atoms with Gasteiger partial charge in [0, 0.05) is 11.6 Å². The lowest BCUT2D eigenvalue weighted by atomic mass is 10.2. The molecule has 1 aromatic carbocycles. The van der Waals surface area contributed by atoms with Gasteiger partial charge >= 0.3 is 0 Å². The molecule has 0 bridgehead atoms. The smallest absolute Gasteiger partial charge is 0.139 e. The molecule has 0 aliphatic carbocycles. The molecule has 68 valence electrons. The highest BCUT2D eigenvalue weighted by Crippen LogP contribution is 2.37. The number of ether oxygens (including phenoxy) is 1. The predicted octanol–water partition coefficient (Wildman–Crippen LogP) is 3.48. The second-order valence-corrected chi connectivity index (χ2v) is 3.40. The van der Waals surface area contributed by atoms with Crippen LogP contribution in [0.1, 0.15) is 0 Å². The van der Waals surface area contributed by atoms with Gasteiger partial charge in [-0.25, -0.2) is 0 Å². The van der Waals surface area contributed by atoms with Crippen LogP contribution in [0.15, 0.2) is 18.3 Å². The van der Waals surface area contributed by atoms with Crippen molar-refractivity contribution in [2.45, 2.75) is 0 Å². The van der Waals surface area contributed by atoms with Crippen LogP contribution in [-0.4, -0.2) is 12.1 Å². The third kappa shape index (κ3) is 1.26. The number of rotatable bonds is 1. The van der Waals surface area contributed by atoms with Crippen molar-refractivity contribution in [3.05, 3.63) is 28.4 Å². The van der Waals surface area contributed by atoms with Gasteiger partial charge in [0.25, 0.3) is 0 Å². The van der Waals surface area contributed by atoms with Gasteiger partial charge in [0.2, 0.25) is 0 Å². The highest BCUT2D eigenvalue weighted by atomic mass is 35.5. The number of hydrogen-bond acceptors (Lipinski definition) is 1. The lowest BCUT2D eigenvalue weighted by Crippen LogP contribution is -1.85. The largest absolute Gasteiger partial charge is 0.495 e. The molecule has 2 nitrogen and oxygen atoms in total. The predicted molar refractivity (Wildman–Crippen MR) is 54.9 cm³/mol. The van der Waals surface area contributed by atoms with Crippen LogP contribution in [0.5, 0.6) is 5.75 Å². The van der Waals surface area contributed by atoms with E-state index in [4.69, 9.17) is 27.9 Å². The normalized spacial score (nSPS) is 10.7. The summed E-state index contributed by atoms with van der Waals surface area (Å²) in [5, 5.41) is 1.94. The van der Waals surface area contributed by atoms with E-state index < -0.39 is 0 Å². The summed E-state index contributed by atoms with van der Waals surface area (Å²) in [6.45, 7) is 0. The Balaban J connectivity index is 2.83. The average molecular weight is 216 g/mol. The van der Waals surface area contributed by atoms with Gasteiger partial charge in [0.15, 0.2) is 0 Å². The van der Waals surface area contributed by atoms with E-state index in [9.17, 15) is 0 Å². The maximum Gasteiger partial charge on any atom is 0.139 e. The zero-order valence-electron chi connectivity index (χ0n) is 6.90. The first-order valence-corrected chi connectivity index (χ1v) is 4.48. The number of H-pyrrole nitrogens is 1. The zero-order chi connectivity index (χ0) is 9.42. The maximum absolute atomic E-state index is 6.01. The molecule has 1 aromatic heterocycles. The van der Waals surface area contributed by atoms with Crippen molar-refractivity contribution < 1.29 is 4.74 Å². The molecule has 0 atom stereocenters. The number of halogens is 2. The van der Waals surface area contributed by atoms with Crippen LogP contribution in [0.2, 0.25) is 10.0 Å². The fraction of sp³-hybridized carbons (Fsp3) is 0.111. The number of aromatic nitrogens is 1. The van der Waals surface area contributed by atoms with E-state index in [1.165, 1.54) is 0 Å². The molecule has 0 aliphatic heterocycles. The Morgan fingerprint density at radius 1 is 1.31 bits per heavy atom. The summed E-state index contributed by atoms with van der Waals surface area (Å²) >= 11 is 12.0. The molecular weight excluding hydrogens is 209 g/mol. The van der Waals surface area contributed by atoms with Gasteiger partial charge in [0.05, 0.1) is 17.6 Å². The number of benzene rings is 1. The molecule has 0 saturated carbocycles. The van der Waals surface area contributed by atoms with E-state index in [0.29, 0.717) is 15.8 Å². The monoisotopic (exact) mass is 215 g/mol. The minimum Gasteiger partial charge on any atom is -0.495 e. The van der Waals surface area contributed by atoms with Crippen molar-refractivity contribution in [1.29, 1.82) is 0 Å². The van der Waals surface area contributed by atoms with E-state index in [1.807, 2.05) is 18.3 Å².